The molecule has 1 aromatic heterocycles. The monoisotopic (exact) mass is 309 g/mol. The van der Waals surface area contributed by atoms with E-state index in [4.69, 9.17) is 0 Å². The number of aromatic nitrogens is 1. The largest absolute Gasteiger partial charge is 0.416 e. The van der Waals surface area contributed by atoms with Gasteiger partial charge in [0.1, 0.15) is 0 Å². The first-order chi connectivity index (χ1) is 10.4. The Kier molecular flexibility index (Phi) is 4.98. The third-order valence-corrected chi connectivity index (χ3v) is 2.91. The zero-order valence-electron chi connectivity index (χ0n) is 11.5. The smallest absolute Gasteiger partial charge is 0.334 e. The van der Waals surface area contributed by atoms with Gasteiger partial charge < -0.3 is 10.6 Å². The number of carbonyl (C=O) groups is 1. The fraction of sp³-hybridized carbons (Fsp3) is 0.200. The number of nitrogens with one attached hydrogen (secondary N) is 2. The summed E-state index contributed by atoms with van der Waals surface area (Å²) in [6.07, 6.45) is -1.17. The van der Waals surface area contributed by atoms with E-state index in [2.05, 4.69) is 15.6 Å². The Labute approximate surface area is 125 Å². The number of benzene rings is 1. The molecule has 2 rings (SSSR count). The van der Waals surface area contributed by atoms with Crippen LogP contribution >= 0.6 is 0 Å². The molecule has 4 nitrogen and oxygen atoms in total. The first kappa shape index (κ1) is 15.8. The van der Waals surface area contributed by atoms with E-state index in [9.17, 15) is 18.0 Å². The number of hydrogen-bond acceptors (Lipinski definition) is 2. The van der Waals surface area contributed by atoms with Gasteiger partial charge in [-0.1, -0.05) is 12.1 Å². The number of rotatable bonds is 4. The van der Waals surface area contributed by atoms with Crippen molar-refractivity contribution >= 4 is 6.03 Å². The van der Waals surface area contributed by atoms with Crippen molar-refractivity contribution in [1.82, 2.24) is 15.6 Å². The predicted octanol–water partition coefficient (Wildman–Crippen LogP) is 3.10. The van der Waals surface area contributed by atoms with Crippen molar-refractivity contribution in [3.05, 3.63) is 65.5 Å². The number of alkyl halides is 3. The molecule has 0 saturated heterocycles. The first-order valence-corrected chi connectivity index (χ1v) is 6.52. The molecule has 1 heterocycles. The molecule has 0 atom stereocenters. The van der Waals surface area contributed by atoms with Crippen LogP contribution in [0.4, 0.5) is 18.0 Å². The quantitative estimate of drug-likeness (QED) is 0.912. The molecule has 7 heteroatoms. The van der Waals surface area contributed by atoms with Crippen LogP contribution in [0.15, 0.2) is 48.8 Å². The third-order valence-electron chi connectivity index (χ3n) is 2.91. The SMILES string of the molecule is O=C(NCc1ccncc1)NCc1cccc(C(F)(F)F)c1. The van der Waals surface area contributed by atoms with Gasteiger partial charge in [-0.15, -0.1) is 0 Å². The second-order valence-corrected chi connectivity index (χ2v) is 4.59. The van der Waals surface area contributed by atoms with Crippen LogP contribution < -0.4 is 10.6 Å². The van der Waals surface area contributed by atoms with Crippen LogP contribution in [0, 0.1) is 0 Å². The van der Waals surface area contributed by atoms with Crippen molar-refractivity contribution < 1.29 is 18.0 Å². The van der Waals surface area contributed by atoms with E-state index in [0.717, 1.165) is 17.7 Å². The molecule has 0 bridgehead atoms. The van der Waals surface area contributed by atoms with Crippen molar-refractivity contribution in [1.29, 1.82) is 0 Å². The Hall–Kier alpha value is -2.57. The molecule has 0 unspecified atom stereocenters. The van der Waals surface area contributed by atoms with E-state index in [0.29, 0.717) is 12.1 Å². The second-order valence-electron chi connectivity index (χ2n) is 4.59. The fourth-order valence-corrected chi connectivity index (χ4v) is 1.79. The number of carbonyl (C=O) groups excluding carboxylic acids is 1. The first-order valence-electron chi connectivity index (χ1n) is 6.52. The summed E-state index contributed by atoms with van der Waals surface area (Å²) in [5, 5.41) is 5.13. The van der Waals surface area contributed by atoms with Crippen molar-refractivity contribution in [2.24, 2.45) is 0 Å². The van der Waals surface area contributed by atoms with Crippen LogP contribution in [-0.2, 0) is 19.3 Å². The maximum Gasteiger partial charge on any atom is 0.416 e. The van der Waals surface area contributed by atoms with Crippen molar-refractivity contribution in [2.75, 3.05) is 0 Å². The molecule has 22 heavy (non-hydrogen) atoms. The minimum absolute atomic E-state index is 0.0199. The van der Waals surface area contributed by atoms with E-state index in [1.54, 1.807) is 24.5 Å². The summed E-state index contributed by atoms with van der Waals surface area (Å²) >= 11 is 0. The average Bonchev–Trinajstić information content (AvgIpc) is 2.51. The number of urea groups is 1. The van der Waals surface area contributed by atoms with E-state index in [1.807, 2.05) is 0 Å². The van der Waals surface area contributed by atoms with Gasteiger partial charge in [0.05, 0.1) is 5.56 Å². The van der Waals surface area contributed by atoms with E-state index in [1.165, 1.54) is 12.1 Å². The van der Waals surface area contributed by atoms with Crippen LogP contribution in [0.5, 0.6) is 0 Å². The fourth-order valence-electron chi connectivity index (χ4n) is 1.79. The van der Waals surface area contributed by atoms with Crippen LogP contribution in [0.3, 0.4) is 0 Å². The molecule has 2 aromatic rings. The van der Waals surface area contributed by atoms with Crippen LogP contribution in [0.1, 0.15) is 16.7 Å². The highest BCUT2D eigenvalue weighted by atomic mass is 19.4. The lowest BCUT2D eigenvalue weighted by molar-refractivity contribution is -0.137. The molecule has 0 fully saturated rings. The molecule has 116 valence electrons. The molecule has 0 radical (unpaired) electrons. The zero-order valence-corrected chi connectivity index (χ0v) is 11.5. The molecule has 1 aromatic carbocycles. The topological polar surface area (TPSA) is 54.0 Å². The van der Waals surface area contributed by atoms with Gasteiger partial charge in [-0.05, 0) is 35.4 Å². The Morgan fingerprint density at radius 3 is 2.27 bits per heavy atom. The summed E-state index contributed by atoms with van der Waals surface area (Å²) in [6, 6.07) is 7.91. The summed E-state index contributed by atoms with van der Waals surface area (Å²) in [5.74, 6) is 0. The minimum Gasteiger partial charge on any atom is -0.334 e. The maximum atomic E-state index is 12.6. The Bertz CT molecular complexity index is 629. The van der Waals surface area contributed by atoms with Crippen molar-refractivity contribution in [2.45, 2.75) is 19.3 Å². The number of nitrogens with zero attached hydrogens (tertiary/aromatic N) is 1. The van der Waals surface area contributed by atoms with Gasteiger partial charge in [0.2, 0.25) is 0 Å². The molecular formula is C15H14F3N3O. The lowest BCUT2D eigenvalue weighted by atomic mass is 10.1. The van der Waals surface area contributed by atoms with Crippen LogP contribution in [-0.4, -0.2) is 11.0 Å². The summed E-state index contributed by atoms with van der Waals surface area (Å²) in [4.78, 5) is 15.5. The van der Waals surface area contributed by atoms with Crippen LogP contribution in [0.2, 0.25) is 0 Å². The molecule has 0 aliphatic carbocycles. The molecule has 2 amide bonds. The second kappa shape index (κ2) is 6.93. The van der Waals surface area contributed by atoms with Gasteiger partial charge in [0, 0.05) is 25.5 Å². The lowest BCUT2D eigenvalue weighted by Crippen LogP contribution is -2.34. The summed E-state index contributed by atoms with van der Waals surface area (Å²) in [7, 11) is 0. The summed E-state index contributed by atoms with van der Waals surface area (Å²) < 4.78 is 37.7. The van der Waals surface area contributed by atoms with E-state index < -0.39 is 17.8 Å². The standard InChI is InChI=1S/C15H14F3N3O/c16-15(17,18)13-3-1-2-12(8-13)10-21-14(22)20-9-11-4-6-19-7-5-11/h1-8H,9-10H2,(H2,20,21,22). The van der Waals surface area contributed by atoms with Gasteiger partial charge in [0.15, 0.2) is 0 Å². The number of pyridine rings is 1. The molecule has 0 saturated carbocycles. The number of halogens is 3. The molecular weight excluding hydrogens is 295 g/mol. The maximum absolute atomic E-state index is 12.6. The number of hydrogen-bond donors (Lipinski definition) is 2. The number of amides is 2. The van der Waals surface area contributed by atoms with Gasteiger partial charge in [0.25, 0.3) is 0 Å². The highest BCUT2D eigenvalue weighted by molar-refractivity contribution is 5.73. The average molecular weight is 309 g/mol. The van der Waals surface area contributed by atoms with E-state index >= 15 is 0 Å². The Morgan fingerprint density at radius 1 is 1.00 bits per heavy atom. The summed E-state index contributed by atoms with van der Waals surface area (Å²) in [6.45, 7) is 0.336. The highest BCUT2D eigenvalue weighted by Crippen LogP contribution is 2.29. The predicted molar refractivity (Wildman–Crippen MR) is 74.8 cm³/mol. The zero-order chi connectivity index (χ0) is 16.0. The van der Waals surface area contributed by atoms with Crippen molar-refractivity contribution in [3.63, 3.8) is 0 Å². The minimum atomic E-state index is -4.39. The van der Waals surface area contributed by atoms with Gasteiger partial charge >= 0.3 is 12.2 Å². The third kappa shape index (κ3) is 4.76. The highest BCUT2D eigenvalue weighted by Gasteiger charge is 2.30. The van der Waals surface area contributed by atoms with Crippen LogP contribution in [0.25, 0.3) is 0 Å². The van der Waals surface area contributed by atoms with Crippen molar-refractivity contribution in [3.8, 4) is 0 Å². The molecule has 0 spiro atoms. The molecule has 0 aliphatic rings. The molecule has 2 N–H and O–H groups in total. The van der Waals surface area contributed by atoms with Gasteiger partial charge in [-0.3, -0.25) is 4.98 Å². The Balaban J connectivity index is 1.84. The Morgan fingerprint density at radius 2 is 1.64 bits per heavy atom. The summed E-state index contributed by atoms with van der Waals surface area (Å²) in [5.41, 5.74) is 0.530. The lowest BCUT2D eigenvalue weighted by Gasteiger charge is -2.10. The molecule has 0 aliphatic heterocycles. The van der Waals surface area contributed by atoms with Gasteiger partial charge in [-0.25, -0.2) is 4.79 Å². The van der Waals surface area contributed by atoms with E-state index in [-0.39, 0.29) is 6.54 Å². The normalized spacial score (nSPS) is 11.0. The van der Waals surface area contributed by atoms with Gasteiger partial charge in [-0.2, -0.15) is 13.2 Å².